The molecule has 1 aliphatic heterocycles. The summed E-state index contributed by atoms with van der Waals surface area (Å²) in [6.07, 6.45) is 0. The van der Waals surface area contributed by atoms with E-state index in [4.69, 9.17) is 0 Å². The molecule has 6 nitrogen and oxygen atoms in total. The predicted molar refractivity (Wildman–Crippen MR) is 103 cm³/mol. The highest BCUT2D eigenvalue weighted by Crippen LogP contribution is 2.16. The van der Waals surface area contributed by atoms with Gasteiger partial charge in [-0.2, -0.15) is 0 Å². The number of anilines is 2. The van der Waals surface area contributed by atoms with Crippen molar-refractivity contribution < 1.29 is 4.79 Å². The molecule has 2 heterocycles. The molecule has 1 N–H and O–H groups in total. The van der Waals surface area contributed by atoms with Gasteiger partial charge >= 0.3 is 0 Å². The van der Waals surface area contributed by atoms with Crippen LogP contribution in [0, 0.1) is 3.57 Å². The van der Waals surface area contributed by atoms with Crippen molar-refractivity contribution in [3.8, 4) is 0 Å². The van der Waals surface area contributed by atoms with Gasteiger partial charge in [0, 0.05) is 41.9 Å². The van der Waals surface area contributed by atoms with Crippen LogP contribution in [0.3, 0.4) is 0 Å². The number of nitrogens with zero attached hydrogens (tertiary/aromatic N) is 4. The zero-order valence-corrected chi connectivity index (χ0v) is 15.7. The topological polar surface area (TPSA) is 61.4 Å². The van der Waals surface area contributed by atoms with E-state index in [9.17, 15) is 4.79 Å². The van der Waals surface area contributed by atoms with E-state index in [0.29, 0.717) is 13.1 Å². The van der Waals surface area contributed by atoms with Crippen LogP contribution in [-0.2, 0) is 0 Å². The molecule has 0 aliphatic carbocycles. The highest BCUT2D eigenvalue weighted by Gasteiger charge is 2.23. The summed E-state index contributed by atoms with van der Waals surface area (Å²) in [5.41, 5.74) is 0.749. The van der Waals surface area contributed by atoms with E-state index in [2.05, 4.69) is 43.0 Å². The summed E-state index contributed by atoms with van der Waals surface area (Å²) < 4.78 is 1.13. The lowest BCUT2D eigenvalue weighted by molar-refractivity contribution is 0.0746. The van der Waals surface area contributed by atoms with Gasteiger partial charge in [-0.25, -0.2) is 0 Å². The average molecular weight is 437 g/mol. The predicted octanol–water partition coefficient (Wildman–Crippen LogP) is 2.48. The van der Waals surface area contributed by atoms with Crippen molar-refractivity contribution in [3.05, 3.63) is 45.5 Å². The second-order valence-electron chi connectivity index (χ2n) is 5.59. The fourth-order valence-electron chi connectivity index (χ4n) is 2.68. The molecule has 1 saturated heterocycles. The number of carbonyl (C=O) groups is 1. The van der Waals surface area contributed by atoms with Crippen LogP contribution in [0.15, 0.2) is 36.4 Å². The molecule has 1 aromatic carbocycles. The van der Waals surface area contributed by atoms with E-state index in [-0.39, 0.29) is 5.91 Å². The van der Waals surface area contributed by atoms with Crippen LogP contribution in [0.4, 0.5) is 11.6 Å². The first-order valence-electron chi connectivity index (χ1n) is 8.05. The number of benzene rings is 1. The Bertz CT molecular complexity index is 681. The Kier molecular flexibility index (Phi) is 5.49. The molecule has 0 spiro atoms. The molecular weight excluding hydrogens is 417 g/mol. The number of hydrogen-bond acceptors (Lipinski definition) is 5. The van der Waals surface area contributed by atoms with Gasteiger partial charge in [0.15, 0.2) is 5.82 Å². The molecule has 3 rings (SSSR count). The minimum atomic E-state index is 0.0969. The average Bonchev–Trinajstić information content (AvgIpc) is 2.63. The number of nitrogens with one attached hydrogen (secondary N) is 1. The lowest BCUT2D eigenvalue weighted by Gasteiger charge is -2.35. The van der Waals surface area contributed by atoms with Gasteiger partial charge < -0.3 is 15.1 Å². The van der Waals surface area contributed by atoms with Crippen molar-refractivity contribution >= 4 is 40.1 Å². The summed E-state index contributed by atoms with van der Waals surface area (Å²) in [5.74, 6) is 1.74. The lowest BCUT2D eigenvalue weighted by atomic mass is 10.2. The Morgan fingerprint density at radius 2 is 1.79 bits per heavy atom. The normalized spacial score (nSPS) is 14.6. The molecule has 0 saturated carbocycles. The Morgan fingerprint density at radius 3 is 2.38 bits per heavy atom. The third-order valence-electron chi connectivity index (χ3n) is 3.99. The van der Waals surface area contributed by atoms with E-state index >= 15 is 0 Å². The van der Waals surface area contributed by atoms with Crippen molar-refractivity contribution in [2.75, 3.05) is 42.9 Å². The number of carbonyl (C=O) groups excluding carboxylic acids is 1. The van der Waals surface area contributed by atoms with Crippen molar-refractivity contribution in [3.63, 3.8) is 0 Å². The monoisotopic (exact) mass is 437 g/mol. The first-order chi connectivity index (χ1) is 11.7. The fraction of sp³-hybridized carbons (Fsp3) is 0.353. The molecule has 0 radical (unpaired) electrons. The molecule has 1 aliphatic rings. The summed E-state index contributed by atoms with van der Waals surface area (Å²) in [6.45, 7) is 5.78. The third-order valence-corrected chi connectivity index (χ3v) is 4.71. The van der Waals surface area contributed by atoms with Crippen molar-refractivity contribution in [2.45, 2.75) is 6.92 Å². The summed E-state index contributed by atoms with van der Waals surface area (Å²) >= 11 is 2.24. The van der Waals surface area contributed by atoms with Crippen LogP contribution in [0.2, 0.25) is 0 Å². The maximum Gasteiger partial charge on any atom is 0.253 e. The smallest absolute Gasteiger partial charge is 0.253 e. The number of aromatic nitrogens is 2. The second-order valence-corrected chi connectivity index (χ2v) is 6.84. The van der Waals surface area contributed by atoms with Gasteiger partial charge in [0.25, 0.3) is 5.91 Å². The Labute approximate surface area is 155 Å². The number of amides is 1. The van der Waals surface area contributed by atoms with E-state index in [1.807, 2.05) is 48.2 Å². The fourth-order valence-corrected chi connectivity index (χ4v) is 3.04. The van der Waals surface area contributed by atoms with Gasteiger partial charge in [0.2, 0.25) is 0 Å². The quantitative estimate of drug-likeness (QED) is 0.745. The van der Waals surface area contributed by atoms with Gasteiger partial charge in [-0.15, -0.1) is 10.2 Å². The standard InChI is InChI=1S/C17H20IN5O/c1-2-19-15-7-8-16(21-20-15)22-9-11-23(12-10-22)17(24)13-3-5-14(18)6-4-13/h3-8H,2,9-12H2,1H3,(H,19,20). The molecule has 7 heteroatoms. The first-order valence-corrected chi connectivity index (χ1v) is 9.12. The van der Waals surface area contributed by atoms with E-state index in [1.165, 1.54) is 0 Å². The summed E-state index contributed by atoms with van der Waals surface area (Å²) in [6, 6.07) is 11.6. The van der Waals surface area contributed by atoms with Crippen molar-refractivity contribution in [2.24, 2.45) is 0 Å². The number of rotatable bonds is 4. The van der Waals surface area contributed by atoms with Crippen LogP contribution in [-0.4, -0.2) is 53.7 Å². The van der Waals surface area contributed by atoms with Crippen molar-refractivity contribution in [1.82, 2.24) is 15.1 Å². The highest BCUT2D eigenvalue weighted by atomic mass is 127. The second kappa shape index (κ2) is 7.78. The zero-order chi connectivity index (χ0) is 16.9. The molecule has 0 unspecified atom stereocenters. The summed E-state index contributed by atoms with van der Waals surface area (Å²) in [7, 11) is 0. The molecular formula is C17H20IN5O. The minimum absolute atomic E-state index is 0.0969. The molecule has 2 aromatic rings. The summed E-state index contributed by atoms with van der Waals surface area (Å²) in [4.78, 5) is 16.6. The molecule has 1 fully saturated rings. The van der Waals surface area contributed by atoms with Gasteiger partial charge in [0.1, 0.15) is 5.82 Å². The van der Waals surface area contributed by atoms with Crippen LogP contribution in [0.25, 0.3) is 0 Å². The Balaban J connectivity index is 1.59. The van der Waals surface area contributed by atoms with Gasteiger partial charge in [-0.1, -0.05) is 0 Å². The third kappa shape index (κ3) is 3.95. The van der Waals surface area contributed by atoms with Crippen LogP contribution < -0.4 is 10.2 Å². The largest absolute Gasteiger partial charge is 0.369 e. The van der Waals surface area contributed by atoms with Crippen LogP contribution >= 0.6 is 22.6 Å². The minimum Gasteiger partial charge on any atom is -0.369 e. The molecule has 126 valence electrons. The Morgan fingerprint density at radius 1 is 1.08 bits per heavy atom. The molecule has 1 aromatic heterocycles. The lowest BCUT2D eigenvalue weighted by Crippen LogP contribution is -2.49. The van der Waals surface area contributed by atoms with E-state index in [1.54, 1.807) is 0 Å². The molecule has 0 bridgehead atoms. The number of halogens is 1. The van der Waals surface area contributed by atoms with Gasteiger partial charge in [-0.3, -0.25) is 4.79 Å². The number of hydrogen-bond donors (Lipinski definition) is 1. The molecule has 24 heavy (non-hydrogen) atoms. The molecule has 0 atom stereocenters. The van der Waals surface area contributed by atoms with E-state index in [0.717, 1.165) is 40.4 Å². The zero-order valence-electron chi connectivity index (χ0n) is 13.6. The molecule has 1 amide bonds. The van der Waals surface area contributed by atoms with Gasteiger partial charge in [0.05, 0.1) is 0 Å². The number of piperazine rings is 1. The SMILES string of the molecule is CCNc1ccc(N2CCN(C(=O)c3ccc(I)cc3)CC2)nn1. The Hall–Kier alpha value is -1.90. The maximum atomic E-state index is 12.5. The van der Waals surface area contributed by atoms with Gasteiger partial charge in [-0.05, 0) is 65.9 Å². The summed E-state index contributed by atoms with van der Waals surface area (Å²) in [5, 5.41) is 11.6. The van der Waals surface area contributed by atoms with Crippen LogP contribution in [0.5, 0.6) is 0 Å². The highest BCUT2D eigenvalue weighted by molar-refractivity contribution is 14.1. The first kappa shape index (κ1) is 16.9. The van der Waals surface area contributed by atoms with Crippen LogP contribution in [0.1, 0.15) is 17.3 Å². The maximum absolute atomic E-state index is 12.5. The van der Waals surface area contributed by atoms with Crippen molar-refractivity contribution in [1.29, 1.82) is 0 Å². The van der Waals surface area contributed by atoms with E-state index < -0.39 is 0 Å².